The fraction of sp³-hybridized carbons (Fsp3) is 0.889. The molecule has 0 aliphatic carbocycles. The summed E-state index contributed by atoms with van der Waals surface area (Å²) in [6.07, 6.45) is 2.40. The molecule has 0 N–H and O–H groups in total. The van der Waals surface area contributed by atoms with Crippen LogP contribution in [0.25, 0.3) is 0 Å². The quantitative estimate of drug-likeness (QED) is 0.416. The van der Waals surface area contributed by atoms with Crippen LogP contribution in [0.5, 0.6) is 0 Å². The van der Waals surface area contributed by atoms with Gasteiger partial charge in [0.25, 0.3) is 0 Å². The van der Waals surface area contributed by atoms with Crippen LogP contribution in [0, 0.1) is 5.92 Å². The van der Waals surface area contributed by atoms with Crippen molar-refractivity contribution in [2.24, 2.45) is 15.9 Å². The van der Waals surface area contributed by atoms with Crippen molar-refractivity contribution in [1.29, 1.82) is 0 Å². The van der Waals surface area contributed by atoms with Crippen LogP contribution in [-0.2, 0) is 0 Å². The van der Waals surface area contributed by atoms with E-state index in [1.807, 2.05) is 6.92 Å². The highest BCUT2D eigenvalue weighted by atomic mass is 35.5. The van der Waals surface area contributed by atoms with E-state index in [0.717, 1.165) is 25.4 Å². The Bertz CT molecular complexity index is 137. The summed E-state index contributed by atoms with van der Waals surface area (Å²) in [4.78, 5) is 7.89. The molecule has 12 heavy (non-hydrogen) atoms. The van der Waals surface area contributed by atoms with E-state index in [4.69, 9.17) is 0 Å². The maximum absolute atomic E-state index is 4.02. The van der Waals surface area contributed by atoms with Crippen molar-refractivity contribution >= 4 is 6.01 Å². The molecule has 0 radical (unpaired) electrons. The normalized spacial score (nSPS) is 8.67. The van der Waals surface area contributed by atoms with Crippen LogP contribution in [-0.4, -0.2) is 19.1 Å². The van der Waals surface area contributed by atoms with Crippen LogP contribution in [0.1, 0.15) is 33.6 Å². The minimum Gasteiger partial charge on any atom is -1.00 e. The maximum atomic E-state index is 4.02. The highest BCUT2D eigenvalue weighted by molar-refractivity contribution is 5.40. The Balaban J connectivity index is 0. The Morgan fingerprint density at radius 2 is 1.92 bits per heavy atom. The molecule has 2 nitrogen and oxygen atoms in total. The molecule has 72 valence electrons. The molecule has 0 atom stereocenters. The molecule has 0 fully saturated rings. The van der Waals surface area contributed by atoms with Gasteiger partial charge in [-0.2, -0.15) is 0 Å². The molecule has 0 aliphatic heterocycles. The Hall–Kier alpha value is -0.330. The van der Waals surface area contributed by atoms with Crippen molar-refractivity contribution in [3.8, 4) is 0 Å². The molecule has 0 bridgehead atoms. The largest absolute Gasteiger partial charge is 1.00 e. The van der Waals surface area contributed by atoms with Gasteiger partial charge in [-0.3, -0.25) is 0 Å². The van der Waals surface area contributed by atoms with E-state index in [-0.39, 0.29) is 12.4 Å². The molecule has 0 aromatic rings. The zero-order chi connectivity index (χ0) is 8.53. The predicted octanol–water partition coefficient (Wildman–Crippen LogP) is -0.380. The molecule has 3 heteroatoms. The summed E-state index contributed by atoms with van der Waals surface area (Å²) in [5, 5.41) is 0. The molecular formula is C9H18ClN2-. The van der Waals surface area contributed by atoms with Gasteiger partial charge in [-0.05, 0) is 25.7 Å². The van der Waals surface area contributed by atoms with Gasteiger partial charge < -0.3 is 12.4 Å². The maximum Gasteiger partial charge on any atom is 0.0892 e. The molecule has 0 amide bonds. The number of hydrogen-bond acceptors (Lipinski definition) is 2. The minimum absolute atomic E-state index is 0. The second-order valence-corrected chi connectivity index (χ2v) is 2.99. The van der Waals surface area contributed by atoms with Crippen LogP contribution in [0.2, 0.25) is 0 Å². The summed E-state index contributed by atoms with van der Waals surface area (Å²) >= 11 is 0. The van der Waals surface area contributed by atoms with Crippen molar-refractivity contribution in [2.75, 3.05) is 13.1 Å². The fourth-order valence-corrected chi connectivity index (χ4v) is 0.749. The zero-order valence-corrected chi connectivity index (χ0v) is 8.93. The van der Waals surface area contributed by atoms with E-state index < -0.39 is 0 Å². The molecule has 0 aliphatic rings. The predicted molar refractivity (Wildman–Crippen MR) is 49.3 cm³/mol. The number of aliphatic imine (C=N–C) groups is 2. The van der Waals surface area contributed by atoms with Gasteiger partial charge in [-0.25, -0.2) is 9.98 Å². The molecule has 0 rings (SSSR count). The molecule has 0 aromatic carbocycles. The number of nitrogens with zero attached hydrogens (tertiary/aromatic N) is 2. The van der Waals surface area contributed by atoms with Crippen molar-refractivity contribution in [3.63, 3.8) is 0 Å². The smallest absolute Gasteiger partial charge is 0.0892 e. The van der Waals surface area contributed by atoms with E-state index in [9.17, 15) is 0 Å². The van der Waals surface area contributed by atoms with Crippen LogP contribution in [0.4, 0.5) is 0 Å². The van der Waals surface area contributed by atoms with Gasteiger partial charge in [0, 0.05) is 13.1 Å². The standard InChI is InChI=1S/C9H18N2.ClH/c1-4-10-8-11-7-5-6-9(2)3;/h9H,4-7H2,1-3H3;1H/p-1. The summed E-state index contributed by atoms with van der Waals surface area (Å²) in [7, 11) is 0. The monoisotopic (exact) mass is 189 g/mol. The first-order valence-corrected chi connectivity index (χ1v) is 4.35. The first-order chi connectivity index (χ1) is 5.27. The van der Waals surface area contributed by atoms with Crippen molar-refractivity contribution in [3.05, 3.63) is 0 Å². The lowest BCUT2D eigenvalue weighted by Crippen LogP contribution is -3.00. The minimum atomic E-state index is 0. The first kappa shape index (κ1) is 14.2. The van der Waals surface area contributed by atoms with E-state index in [1.165, 1.54) is 6.42 Å². The lowest BCUT2D eigenvalue weighted by molar-refractivity contribution is -0.00000272. The highest BCUT2D eigenvalue weighted by Gasteiger charge is 1.90. The third-order valence-electron chi connectivity index (χ3n) is 1.35. The molecular weight excluding hydrogens is 172 g/mol. The summed E-state index contributed by atoms with van der Waals surface area (Å²) in [6.45, 7) is 8.10. The van der Waals surface area contributed by atoms with Gasteiger partial charge in [0.1, 0.15) is 0 Å². The van der Waals surface area contributed by atoms with E-state index >= 15 is 0 Å². The first-order valence-electron chi connectivity index (χ1n) is 4.35. The topological polar surface area (TPSA) is 24.7 Å². The number of rotatable bonds is 5. The third kappa shape index (κ3) is 12.4. The second kappa shape index (κ2) is 10.7. The Morgan fingerprint density at radius 3 is 2.42 bits per heavy atom. The SMILES string of the molecule is CCN=C=NCCCC(C)C.[Cl-]. The summed E-state index contributed by atoms with van der Waals surface area (Å²) in [6, 6.07) is 2.66. The summed E-state index contributed by atoms with van der Waals surface area (Å²) in [5.41, 5.74) is 0. The van der Waals surface area contributed by atoms with Crippen LogP contribution >= 0.6 is 0 Å². The fourth-order valence-electron chi connectivity index (χ4n) is 0.749. The third-order valence-corrected chi connectivity index (χ3v) is 1.35. The van der Waals surface area contributed by atoms with Gasteiger partial charge >= 0.3 is 0 Å². The average molecular weight is 190 g/mol. The van der Waals surface area contributed by atoms with Gasteiger partial charge in [0.05, 0.1) is 6.01 Å². The Kier molecular flexibility index (Phi) is 12.6. The summed E-state index contributed by atoms with van der Waals surface area (Å²) < 4.78 is 0. The van der Waals surface area contributed by atoms with Gasteiger partial charge in [-0.15, -0.1) is 0 Å². The zero-order valence-electron chi connectivity index (χ0n) is 8.18. The van der Waals surface area contributed by atoms with Crippen LogP contribution < -0.4 is 12.4 Å². The lowest BCUT2D eigenvalue weighted by Gasteiger charge is -1.99. The second-order valence-electron chi connectivity index (χ2n) is 2.99. The molecule has 0 spiro atoms. The van der Waals surface area contributed by atoms with Gasteiger partial charge in [0.15, 0.2) is 0 Å². The van der Waals surface area contributed by atoms with Gasteiger partial charge in [-0.1, -0.05) is 13.8 Å². The lowest BCUT2D eigenvalue weighted by atomic mass is 10.1. The van der Waals surface area contributed by atoms with Crippen molar-refractivity contribution in [2.45, 2.75) is 33.6 Å². The molecule has 0 heterocycles. The summed E-state index contributed by atoms with van der Waals surface area (Å²) in [5.74, 6) is 0.785. The molecule has 0 aromatic heterocycles. The van der Waals surface area contributed by atoms with Crippen LogP contribution in [0.3, 0.4) is 0 Å². The number of hydrogen-bond donors (Lipinski definition) is 0. The van der Waals surface area contributed by atoms with E-state index in [1.54, 1.807) is 0 Å². The van der Waals surface area contributed by atoms with Crippen molar-refractivity contribution in [1.82, 2.24) is 0 Å². The van der Waals surface area contributed by atoms with Crippen molar-refractivity contribution < 1.29 is 12.4 Å². The van der Waals surface area contributed by atoms with Crippen LogP contribution in [0.15, 0.2) is 9.98 Å². The molecule has 0 unspecified atom stereocenters. The number of halogens is 1. The Labute approximate surface area is 81.6 Å². The van der Waals surface area contributed by atoms with E-state index in [0.29, 0.717) is 0 Å². The highest BCUT2D eigenvalue weighted by Crippen LogP contribution is 2.02. The Morgan fingerprint density at radius 1 is 1.25 bits per heavy atom. The van der Waals surface area contributed by atoms with Gasteiger partial charge in [0.2, 0.25) is 0 Å². The average Bonchev–Trinajstić information content (AvgIpc) is 1.96. The molecule has 0 saturated carbocycles. The van der Waals surface area contributed by atoms with E-state index in [2.05, 4.69) is 29.8 Å². The molecule has 0 saturated heterocycles.